The first-order chi connectivity index (χ1) is 6.24. The van der Waals surface area contributed by atoms with E-state index < -0.39 is 0 Å². The van der Waals surface area contributed by atoms with Crippen LogP contribution in [0.4, 0.5) is 0 Å². The fraction of sp³-hybridized carbons (Fsp3) is 0.375. The molecule has 1 rings (SSSR count). The van der Waals surface area contributed by atoms with Gasteiger partial charge in [-0.2, -0.15) is 0 Å². The van der Waals surface area contributed by atoms with E-state index in [1.165, 1.54) is 0 Å². The van der Waals surface area contributed by atoms with Gasteiger partial charge in [0.1, 0.15) is 5.84 Å². The molecule has 0 aliphatic carbocycles. The maximum Gasteiger partial charge on any atom is 0.136 e. The summed E-state index contributed by atoms with van der Waals surface area (Å²) < 4.78 is 5.90. The predicted molar refractivity (Wildman–Crippen MR) is 59.5 cm³/mol. The quantitative estimate of drug-likeness (QED) is 0.512. The van der Waals surface area contributed by atoms with Crippen LogP contribution in [0.3, 0.4) is 0 Å². The Morgan fingerprint density at radius 3 is 3.08 bits per heavy atom. The van der Waals surface area contributed by atoms with Gasteiger partial charge in [0.2, 0.25) is 0 Å². The van der Waals surface area contributed by atoms with E-state index in [0.29, 0.717) is 19.0 Å². The van der Waals surface area contributed by atoms with Crippen LogP contribution < -0.4 is 5.73 Å². The van der Waals surface area contributed by atoms with Crippen LogP contribution in [-0.2, 0) is 4.74 Å². The van der Waals surface area contributed by atoms with Crippen molar-refractivity contribution >= 4 is 33.1 Å². The van der Waals surface area contributed by atoms with Gasteiger partial charge in [0.05, 0.1) is 18.0 Å². The van der Waals surface area contributed by atoms with Crippen molar-refractivity contribution in [2.75, 3.05) is 20.3 Å². The molecule has 0 atom stereocenters. The molecule has 2 N–H and O–H groups in total. The number of hydrogen-bond acceptors (Lipinski definition) is 3. The first kappa shape index (κ1) is 10.7. The highest BCUT2D eigenvalue weighted by atomic mass is 79.9. The van der Waals surface area contributed by atoms with Gasteiger partial charge in [0.15, 0.2) is 0 Å². The number of hydrogen-bond donors (Lipinski definition) is 1. The molecule has 0 saturated heterocycles. The lowest BCUT2D eigenvalue weighted by Crippen LogP contribution is -2.13. The van der Waals surface area contributed by atoms with Crippen molar-refractivity contribution in [2.24, 2.45) is 10.7 Å². The van der Waals surface area contributed by atoms with Gasteiger partial charge in [0, 0.05) is 17.0 Å². The minimum atomic E-state index is 0.577. The second-order valence-electron chi connectivity index (χ2n) is 2.39. The van der Waals surface area contributed by atoms with Crippen LogP contribution in [0.15, 0.2) is 20.9 Å². The van der Waals surface area contributed by atoms with Gasteiger partial charge in [-0.1, -0.05) is 0 Å². The highest BCUT2D eigenvalue weighted by molar-refractivity contribution is 9.10. The largest absolute Gasteiger partial charge is 0.383 e. The van der Waals surface area contributed by atoms with Crippen molar-refractivity contribution in [3.05, 3.63) is 20.8 Å². The predicted octanol–water partition coefficient (Wildman–Crippen LogP) is 1.86. The number of aliphatic imine (C=N–C) groups is 1. The van der Waals surface area contributed by atoms with E-state index in [1.54, 1.807) is 18.4 Å². The zero-order chi connectivity index (χ0) is 9.68. The fourth-order valence-corrected chi connectivity index (χ4v) is 2.13. The summed E-state index contributed by atoms with van der Waals surface area (Å²) in [5, 5.41) is 1.98. The Morgan fingerprint density at radius 1 is 1.77 bits per heavy atom. The third kappa shape index (κ3) is 3.46. The summed E-state index contributed by atoms with van der Waals surface area (Å²) in [5.74, 6) is 0.577. The molecular weight excluding hydrogens is 252 g/mol. The van der Waals surface area contributed by atoms with Crippen LogP contribution >= 0.6 is 27.3 Å². The van der Waals surface area contributed by atoms with Crippen LogP contribution in [0.1, 0.15) is 4.88 Å². The van der Waals surface area contributed by atoms with Gasteiger partial charge in [0.25, 0.3) is 0 Å². The zero-order valence-electron chi connectivity index (χ0n) is 7.29. The molecule has 1 heterocycles. The second kappa shape index (κ2) is 5.36. The lowest BCUT2D eigenvalue weighted by atomic mass is 10.4. The SMILES string of the molecule is COCCN=C(N)c1cc(Br)cs1. The highest BCUT2D eigenvalue weighted by Gasteiger charge is 2.00. The number of nitrogens with zero attached hydrogens (tertiary/aromatic N) is 1. The molecule has 0 radical (unpaired) electrons. The van der Waals surface area contributed by atoms with Crippen molar-refractivity contribution in [3.8, 4) is 0 Å². The minimum absolute atomic E-state index is 0.577. The molecule has 0 aromatic carbocycles. The van der Waals surface area contributed by atoms with Crippen LogP contribution in [-0.4, -0.2) is 26.1 Å². The molecule has 0 saturated carbocycles. The van der Waals surface area contributed by atoms with Crippen LogP contribution in [0, 0.1) is 0 Å². The lowest BCUT2D eigenvalue weighted by molar-refractivity contribution is 0.208. The lowest BCUT2D eigenvalue weighted by Gasteiger charge is -1.96. The molecule has 72 valence electrons. The summed E-state index contributed by atoms with van der Waals surface area (Å²) in [6.45, 7) is 1.21. The van der Waals surface area contributed by atoms with Gasteiger partial charge in [-0.15, -0.1) is 11.3 Å². The summed E-state index contributed by atoms with van der Waals surface area (Å²) in [6, 6.07) is 1.95. The maximum atomic E-state index is 5.73. The number of nitrogens with two attached hydrogens (primary N) is 1. The summed E-state index contributed by atoms with van der Waals surface area (Å²) in [6.07, 6.45) is 0. The summed E-state index contributed by atoms with van der Waals surface area (Å²) >= 11 is 4.93. The molecule has 0 fully saturated rings. The van der Waals surface area contributed by atoms with E-state index in [9.17, 15) is 0 Å². The Kier molecular flexibility index (Phi) is 4.41. The fourth-order valence-electron chi connectivity index (χ4n) is 0.783. The third-order valence-electron chi connectivity index (χ3n) is 1.40. The molecule has 1 aromatic rings. The molecule has 1 aromatic heterocycles. The third-order valence-corrected chi connectivity index (χ3v) is 3.11. The zero-order valence-corrected chi connectivity index (χ0v) is 9.69. The van der Waals surface area contributed by atoms with E-state index in [4.69, 9.17) is 10.5 Å². The van der Waals surface area contributed by atoms with Crippen molar-refractivity contribution in [1.29, 1.82) is 0 Å². The average molecular weight is 263 g/mol. The Hall–Kier alpha value is -0.390. The number of methoxy groups -OCH3 is 1. The first-order valence-electron chi connectivity index (χ1n) is 3.77. The van der Waals surface area contributed by atoms with E-state index in [1.807, 2.05) is 11.4 Å². The molecule has 0 aliphatic rings. The highest BCUT2D eigenvalue weighted by Crippen LogP contribution is 2.19. The summed E-state index contributed by atoms with van der Waals surface area (Å²) in [5.41, 5.74) is 5.73. The standard InChI is InChI=1S/C8H11BrN2OS/c1-12-3-2-11-8(10)7-4-6(9)5-13-7/h4-5H,2-3H2,1H3,(H2,10,11). The molecule has 0 amide bonds. The number of rotatable bonds is 4. The Labute approximate surface area is 89.7 Å². The number of amidine groups is 1. The first-order valence-corrected chi connectivity index (χ1v) is 5.44. The van der Waals surface area contributed by atoms with E-state index in [0.717, 1.165) is 9.35 Å². The second-order valence-corrected chi connectivity index (χ2v) is 4.22. The van der Waals surface area contributed by atoms with Gasteiger partial charge < -0.3 is 10.5 Å². The van der Waals surface area contributed by atoms with Gasteiger partial charge in [-0.05, 0) is 22.0 Å². The minimum Gasteiger partial charge on any atom is -0.383 e. The smallest absolute Gasteiger partial charge is 0.136 e. The average Bonchev–Trinajstić information content (AvgIpc) is 2.52. The topological polar surface area (TPSA) is 47.6 Å². The van der Waals surface area contributed by atoms with Gasteiger partial charge >= 0.3 is 0 Å². The van der Waals surface area contributed by atoms with Gasteiger partial charge in [-0.25, -0.2) is 0 Å². The molecule has 5 heteroatoms. The Bertz CT molecular complexity index is 298. The molecular formula is C8H11BrN2OS. The molecule has 13 heavy (non-hydrogen) atoms. The molecule has 0 unspecified atom stereocenters. The van der Waals surface area contributed by atoms with Crippen molar-refractivity contribution in [1.82, 2.24) is 0 Å². The molecule has 0 spiro atoms. The van der Waals surface area contributed by atoms with Crippen molar-refractivity contribution < 1.29 is 4.74 Å². The number of thiophene rings is 1. The van der Waals surface area contributed by atoms with Gasteiger partial charge in [-0.3, -0.25) is 4.99 Å². The number of ether oxygens (including phenoxy) is 1. The molecule has 0 aliphatic heterocycles. The normalized spacial score (nSPS) is 12.0. The van der Waals surface area contributed by atoms with Crippen LogP contribution in [0.5, 0.6) is 0 Å². The Morgan fingerprint density at radius 2 is 2.54 bits per heavy atom. The van der Waals surface area contributed by atoms with Crippen molar-refractivity contribution in [3.63, 3.8) is 0 Å². The van der Waals surface area contributed by atoms with Crippen molar-refractivity contribution in [2.45, 2.75) is 0 Å². The summed E-state index contributed by atoms with van der Waals surface area (Å²) in [4.78, 5) is 5.15. The van der Waals surface area contributed by atoms with E-state index >= 15 is 0 Å². The van der Waals surface area contributed by atoms with E-state index in [2.05, 4.69) is 20.9 Å². The molecule has 0 bridgehead atoms. The Balaban J connectivity index is 2.56. The maximum absolute atomic E-state index is 5.73. The number of halogens is 1. The van der Waals surface area contributed by atoms with Crippen LogP contribution in [0.25, 0.3) is 0 Å². The summed E-state index contributed by atoms with van der Waals surface area (Å²) in [7, 11) is 1.65. The van der Waals surface area contributed by atoms with Crippen LogP contribution in [0.2, 0.25) is 0 Å². The molecule has 3 nitrogen and oxygen atoms in total. The monoisotopic (exact) mass is 262 g/mol. The van der Waals surface area contributed by atoms with E-state index in [-0.39, 0.29) is 0 Å².